The summed E-state index contributed by atoms with van der Waals surface area (Å²) in [7, 11) is 3.41. The molecule has 0 aliphatic rings. The lowest BCUT2D eigenvalue weighted by atomic mass is 10.1. The molecule has 3 aromatic heterocycles. The van der Waals surface area contributed by atoms with E-state index in [0.717, 1.165) is 10.9 Å². The van der Waals surface area contributed by atoms with Crippen LogP contribution in [0, 0.1) is 6.92 Å². The van der Waals surface area contributed by atoms with Crippen molar-refractivity contribution in [3.8, 4) is 11.6 Å². The second-order valence-electron chi connectivity index (χ2n) is 6.09. The Hall–Kier alpha value is -3.07. The van der Waals surface area contributed by atoms with E-state index in [1.807, 2.05) is 17.9 Å². The number of hydrogen-bond acceptors (Lipinski definition) is 6. The van der Waals surface area contributed by atoms with Gasteiger partial charge in [0.05, 0.1) is 37.4 Å². The predicted octanol–water partition coefficient (Wildman–Crippen LogP) is 1.93. The molecule has 146 valence electrons. The number of carbonyl (C=O) groups excluding carboxylic acids is 1. The van der Waals surface area contributed by atoms with Crippen molar-refractivity contribution in [1.29, 1.82) is 0 Å². The minimum absolute atomic E-state index is 0.102. The van der Waals surface area contributed by atoms with Gasteiger partial charge in [-0.15, -0.1) is 0 Å². The second kappa shape index (κ2) is 8.30. The van der Waals surface area contributed by atoms with Crippen molar-refractivity contribution in [3.63, 3.8) is 0 Å². The number of aromatic nitrogens is 4. The summed E-state index contributed by atoms with van der Waals surface area (Å²) in [6.45, 7) is 2.02. The van der Waals surface area contributed by atoms with Crippen molar-refractivity contribution in [2.75, 3.05) is 13.4 Å². The molecule has 0 atom stereocenters. The van der Waals surface area contributed by atoms with Crippen LogP contribution in [0.4, 0.5) is 0 Å². The molecule has 0 aliphatic heterocycles. The Morgan fingerprint density at radius 3 is 2.64 bits per heavy atom. The highest BCUT2D eigenvalue weighted by molar-refractivity contribution is 7.98. The molecular weight excluding hydrogens is 378 g/mol. The highest BCUT2D eigenvalue weighted by Gasteiger charge is 2.17. The van der Waals surface area contributed by atoms with Crippen molar-refractivity contribution in [2.24, 2.45) is 7.05 Å². The number of nitrogens with one attached hydrogen (secondary N) is 1. The molecule has 1 N–H and O–H groups in total. The number of imidazole rings is 1. The normalized spacial score (nSPS) is 10.7. The third kappa shape index (κ3) is 3.79. The predicted molar refractivity (Wildman–Crippen MR) is 107 cm³/mol. The zero-order chi connectivity index (χ0) is 20.3. The fraction of sp³-hybridized carbons (Fsp3) is 0.263. The fourth-order valence-electron chi connectivity index (χ4n) is 2.78. The molecular formula is C19H21N5O3S. The first-order chi connectivity index (χ1) is 13.5. The maximum atomic E-state index is 12.9. The number of carbonyl (C=O) groups is 1. The quantitative estimate of drug-likeness (QED) is 0.637. The van der Waals surface area contributed by atoms with Crippen LogP contribution in [0.15, 0.2) is 46.7 Å². The summed E-state index contributed by atoms with van der Waals surface area (Å²) < 4.78 is 8.34. The van der Waals surface area contributed by atoms with Crippen LogP contribution in [0.1, 0.15) is 21.6 Å². The van der Waals surface area contributed by atoms with Crippen LogP contribution in [0.2, 0.25) is 0 Å². The number of methoxy groups -OCH3 is 1. The van der Waals surface area contributed by atoms with Crippen molar-refractivity contribution in [2.45, 2.75) is 18.6 Å². The third-order valence-electron chi connectivity index (χ3n) is 4.39. The summed E-state index contributed by atoms with van der Waals surface area (Å²) in [4.78, 5) is 34.1. The van der Waals surface area contributed by atoms with E-state index in [4.69, 9.17) is 4.74 Å². The number of aryl methyl sites for hydroxylation is 1. The first-order valence-electron chi connectivity index (χ1n) is 8.51. The van der Waals surface area contributed by atoms with Gasteiger partial charge in [-0.25, -0.2) is 9.97 Å². The maximum Gasteiger partial charge on any atom is 0.268 e. The molecule has 0 spiro atoms. The molecule has 0 fully saturated rings. The van der Waals surface area contributed by atoms with E-state index in [9.17, 15) is 9.59 Å². The summed E-state index contributed by atoms with van der Waals surface area (Å²) in [6, 6.07) is 5.10. The SMILES string of the molecule is COc1ccc(-n2ccc(C)c(C(=O)NCc3cnc(SC)n3C)c2=O)cn1. The minimum Gasteiger partial charge on any atom is -0.481 e. The van der Waals surface area contributed by atoms with Crippen LogP contribution >= 0.6 is 11.8 Å². The van der Waals surface area contributed by atoms with E-state index in [2.05, 4.69) is 15.3 Å². The van der Waals surface area contributed by atoms with Gasteiger partial charge in [-0.1, -0.05) is 11.8 Å². The molecule has 0 saturated carbocycles. The van der Waals surface area contributed by atoms with Crippen LogP contribution in [-0.2, 0) is 13.6 Å². The van der Waals surface area contributed by atoms with Gasteiger partial charge in [0, 0.05) is 19.3 Å². The summed E-state index contributed by atoms with van der Waals surface area (Å²) in [6.07, 6.45) is 6.81. The lowest BCUT2D eigenvalue weighted by Crippen LogP contribution is -2.33. The summed E-state index contributed by atoms with van der Waals surface area (Å²) in [5.74, 6) is 0.0212. The lowest BCUT2D eigenvalue weighted by Gasteiger charge is -2.12. The third-order valence-corrected chi connectivity index (χ3v) is 5.13. The van der Waals surface area contributed by atoms with E-state index in [1.54, 1.807) is 37.5 Å². The molecule has 8 nitrogen and oxygen atoms in total. The topological polar surface area (TPSA) is 91.0 Å². The Kier molecular flexibility index (Phi) is 5.84. The smallest absolute Gasteiger partial charge is 0.268 e. The first kappa shape index (κ1) is 19.7. The zero-order valence-electron chi connectivity index (χ0n) is 16.1. The molecule has 0 aromatic carbocycles. The Morgan fingerprint density at radius 2 is 2.04 bits per heavy atom. The van der Waals surface area contributed by atoms with Crippen molar-refractivity contribution in [3.05, 3.63) is 64.0 Å². The Balaban J connectivity index is 1.87. The Morgan fingerprint density at radius 1 is 1.25 bits per heavy atom. The summed E-state index contributed by atoms with van der Waals surface area (Å²) in [5.41, 5.74) is 1.71. The number of hydrogen-bond donors (Lipinski definition) is 1. The monoisotopic (exact) mass is 399 g/mol. The highest BCUT2D eigenvalue weighted by atomic mass is 32.2. The van der Waals surface area contributed by atoms with E-state index in [1.165, 1.54) is 29.6 Å². The molecule has 0 unspecified atom stereocenters. The van der Waals surface area contributed by atoms with E-state index in [0.29, 0.717) is 17.1 Å². The van der Waals surface area contributed by atoms with Crippen LogP contribution in [0.5, 0.6) is 5.88 Å². The number of nitrogens with zero attached hydrogens (tertiary/aromatic N) is 4. The number of thioether (sulfide) groups is 1. The first-order valence-corrected chi connectivity index (χ1v) is 9.74. The number of rotatable bonds is 6. The van der Waals surface area contributed by atoms with Gasteiger partial charge in [0.15, 0.2) is 5.16 Å². The zero-order valence-corrected chi connectivity index (χ0v) is 16.9. The standard InChI is InChI=1S/C19H21N5O3S/c1-12-7-8-24(13-5-6-15(27-3)20-9-13)18(26)16(12)17(25)21-10-14-11-22-19(28-4)23(14)2/h5-9,11H,10H2,1-4H3,(H,21,25). The van der Waals surface area contributed by atoms with Gasteiger partial charge >= 0.3 is 0 Å². The molecule has 28 heavy (non-hydrogen) atoms. The molecule has 3 aromatic rings. The van der Waals surface area contributed by atoms with Crippen molar-refractivity contribution in [1.82, 2.24) is 24.4 Å². The molecule has 9 heteroatoms. The average molecular weight is 399 g/mol. The molecule has 0 radical (unpaired) electrons. The summed E-state index contributed by atoms with van der Waals surface area (Å²) in [5, 5.41) is 3.67. The molecule has 3 rings (SSSR count). The van der Waals surface area contributed by atoms with Crippen LogP contribution in [-0.4, -0.2) is 38.4 Å². The van der Waals surface area contributed by atoms with Crippen LogP contribution < -0.4 is 15.6 Å². The second-order valence-corrected chi connectivity index (χ2v) is 6.86. The van der Waals surface area contributed by atoms with Gasteiger partial charge in [0.1, 0.15) is 5.56 Å². The van der Waals surface area contributed by atoms with E-state index in [-0.39, 0.29) is 12.1 Å². The maximum absolute atomic E-state index is 12.9. The molecule has 1 amide bonds. The molecule has 3 heterocycles. The van der Waals surface area contributed by atoms with Gasteiger partial charge in [0.2, 0.25) is 5.88 Å². The Labute approximate surface area is 166 Å². The van der Waals surface area contributed by atoms with E-state index >= 15 is 0 Å². The van der Waals surface area contributed by atoms with Gasteiger partial charge in [-0.05, 0) is 30.9 Å². The molecule has 0 aliphatic carbocycles. The van der Waals surface area contributed by atoms with Crippen molar-refractivity contribution < 1.29 is 9.53 Å². The Bertz CT molecular complexity index is 1060. The number of ether oxygens (including phenoxy) is 1. The fourth-order valence-corrected chi connectivity index (χ4v) is 3.33. The lowest BCUT2D eigenvalue weighted by molar-refractivity contribution is 0.0947. The number of pyridine rings is 2. The minimum atomic E-state index is -0.426. The average Bonchev–Trinajstić information content (AvgIpc) is 3.06. The van der Waals surface area contributed by atoms with Crippen molar-refractivity contribution >= 4 is 17.7 Å². The van der Waals surface area contributed by atoms with E-state index < -0.39 is 11.5 Å². The molecule has 0 bridgehead atoms. The van der Waals surface area contributed by atoms with Gasteiger partial charge in [-0.2, -0.15) is 0 Å². The summed E-state index contributed by atoms with van der Waals surface area (Å²) >= 11 is 1.52. The van der Waals surface area contributed by atoms with Crippen LogP contribution in [0.25, 0.3) is 5.69 Å². The van der Waals surface area contributed by atoms with Crippen LogP contribution in [0.3, 0.4) is 0 Å². The highest BCUT2D eigenvalue weighted by Crippen LogP contribution is 2.14. The van der Waals surface area contributed by atoms with Gasteiger partial charge < -0.3 is 14.6 Å². The largest absolute Gasteiger partial charge is 0.481 e. The van der Waals surface area contributed by atoms with Gasteiger partial charge in [-0.3, -0.25) is 14.2 Å². The number of amides is 1. The molecule has 0 saturated heterocycles. The van der Waals surface area contributed by atoms with Gasteiger partial charge in [0.25, 0.3) is 11.5 Å².